The quantitative estimate of drug-likeness (QED) is 0.735. The van der Waals surface area contributed by atoms with Crippen LogP contribution in [-0.2, 0) is 9.84 Å². The number of sulfone groups is 1. The monoisotopic (exact) mass is 237 g/mol. The Hall–Kier alpha value is -0.0900. The van der Waals surface area contributed by atoms with E-state index in [1.807, 2.05) is 20.9 Å². The van der Waals surface area contributed by atoms with Crippen molar-refractivity contribution in [3.05, 3.63) is 0 Å². The molecule has 0 fully saturated rings. The molecule has 0 N–H and O–H groups in total. The minimum absolute atomic E-state index is 0.228. The summed E-state index contributed by atoms with van der Waals surface area (Å²) >= 11 is 0. The lowest BCUT2D eigenvalue weighted by Gasteiger charge is -2.22. The number of rotatable bonds is 5. The van der Waals surface area contributed by atoms with E-state index in [1.54, 1.807) is 6.92 Å². The van der Waals surface area contributed by atoms with Crippen LogP contribution in [0.15, 0.2) is 0 Å². The van der Waals surface area contributed by atoms with Crippen molar-refractivity contribution in [2.45, 2.75) is 52.3 Å². The van der Waals surface area contributed by atoms with Crippen molar-refractivity contribution < 1.29 is 8.42 Å². The van der Waals surface area contributed by atoms with E-state index in [1.165, 1.54) is 6.26 Å². The summed E-state index contributed by atoms with van der Waals surface area (Å²) in [6.07, 6.45) is 2.01. The molecule has 0 aromatic carbocycles. The highest BCUT2D eigenvalue weighted by atomic mass is 32.2. The van der Waals surface area contributed by atoms with Crippen LogP contribution in [0.1, 0.15) is 41.0 Å². The molecule has 0 bridgehead atoms. The Labute approximate surface area is 95.8 Å². The molecule has 1 atom stereocenters. The van der Waals surface area contributed by atoms with Crippen LogP contribution >= 0.6 is 0 Å². The predicted molar refractivity (Wildman–Crippen MR) is 68.0 cm³/mol. The Bertz CT molecular complexity index is 235. The molecule has 4 heteroatoms. The molecule has 0 aliphatic carbocycles. The highest BCUT2D eigenvalue weighted by Gasteiger charge is 2.15. The minimum atomic E-state index is -2.85. The molecule has 0 saturated carbocycles. The van der Waals surface area contributed by atoms with Crippen LogP contribution in [0.2, 0.25) is 0 Å². The lowest BCUT2D eigenvalue weighted by atomic mass is 10.3. The molecule has 0 aromatic heterocycles. The summed E-state index contributed by atoms with van der Waals surface area (Å²) in [7, 11) is -0.837. The van der Waals surface area contributed by atoms with Gasteiger partial charge in [-0.25, -0.2) is 8.42 Å². The highest BCUT2D eigenvalue weighted by Crippen LogP contribution is 2.05. The zero-order valence-corrected chi connectivity index (χ0v) is 12.1. The summed E-state index contributed by atoms with van der Waals surface area (Å²) in [5.74, 6) is 0. The summed E-state index contributed by atoms with van der Waals surface area (Å²) in [5, 5.41) is -0.228. The van der Waals surface area contributed by atoms with Crippen LogP contribution in [0.5, 0.6) is 0 Å². The van der Waals surface area contributed by atoms with Gasteiger partial charge in [-0.3, -0.25) is 0 Å². The lowest BCUT2D eigenvalue weighted by Crippen LogP contribution is -2.30. The Kier molecular flexibility index (Phi) is 9.36. The number of hydrogen-bond donors (Lipinski definition) is 0. The standard InChI is InChI=1S/C9H21NO2S.C2H6/c1-8(2)10(4)7-6-9(3)13(5,11)12;1-2/h8-9H,6-7H2,1-5H3;1-2H3. The van der Waals surface area contributed by atoms with Crippen molar-refractivity contribution in [1.29, 1.82) is 0 Å². The van der Waals surface area contributed by atoms with Gasteiger partial charge in [-0.2, -0.15) is 0 Å². The SMILES string of the molecule is CC.CC(C)N(C)CCC(C)S(C)(=O)=O. The van der Waals surface area contributed by atoms with Gasteiger partial charge in [0.25, 0.3) is 0 Å². The maximum absolute atomic E-state index is 11.1. The molecule has 0 heterocycles. The van der Waals surface area contributed by atoms with Gasteiger partial charge < -0.3 is 4.90 Å². The van der Waals surface area contributed by atoms with Gasteiger partial charge in [-0.1, -0.05) is 13.8 Å². The molecule has 0 spiro atoms. The molecule has 94 valence electrons. The van der Waals surface area contributed by atoms with Crippen LogP contribution < -0.4 is 0 Å². The lowest BCUT2D eigenvalue weighted by molar-refractivity contribution is 0.270. The van der Waals surface area contributed by atoms with E-state index in [2.05, 4.69) is 18.7 Å². The molecular formula is C11H27NO2S. The zero-order valence-electron chi connectivity index (χ0n) is 11.2. The fraction of sp³-hybridized carbons (Fsp3) is 1.00. The second kappa shape index (κ2) is 8.11. The summed E-state index contributed by atoms with van der Waals surface area (Å²) in [5.41, 5.74) is 0. The fourth-order valence-corrected chi connectivity index (χ4v) is 1.39. The topological polar surface area (TPSA) is 37.4 Å². The second-order valence-corrected chi connectivity index (χ2v) is 6.47. The van der Waals surface area contributed by atoms with Crippen LogP contribution in [-0.4, -0.2) is 44.5 Å². The molecule has 0 radical (unpaired) electrons. The maximum Gasteiger partial charge on any atom is 0.150 e. The summed E-state index contributed by atoms with van der Waals surface area (Å²) in [6, 6.07) is 0.478. The summed E-state index contributed by atoms with van der Waals surface area (Å²) < 4.78 is 22.2. The Balaban J connectivity index is 0. The molecule has 0 rings (SSSR count). The van der Waals surface area contributed by atoms with E-state index in [0.717, 1.165) is 6.54 Å². The van der Waals surface area contributed by atoms with Gasteiger partial charge in [-0.15, -0.1) is 0 Å². The average molecular weight is 237 g/mol. The average Bonchev–Trinajstić information content (AvgIpc) is 2.15. The van der Waals surface area contributed by atoms with Gasteiger partial charge in [-0.05, 0) is 40.8 Å². The minimum Gasteiger partial charge on any atom is -0.304 e. The first-order valence-corrected chi connectivity index (χ1v) is 7.59. The van der Waals surface area contributed by atoms with E-state index in [0.29, 0.717) is 12.5 Å². The highest BCUT2D eigenvalue weighted by molar-refractivity contribution is 7.91. The molecule has 0 amide bonds. The molecule has 0 aliphatic rings. The maximum atomic E-state index is 11.1. The van der Waals surface area contributed by atoms with Crippen LogP contribution in [0.3, 0.4) is 0 Å². The molecule has 0 saturated heterocycles. The van der Waals surface area contributed by atoms with Crippen LogP contribution in [0.25, 0.3) is 0 Å². The summed E-state index contributed by atoms with van der Waals surface area (Å²) in [4.78, 5) is 2.15. The van der Waals surface area contributed by atoms with Gasteiger partial charge in [0, 0.05) is 12.3 Å². The van der Waals surface area contributed by atoms with Crippen molar-refractivity contribution in [3.8, 4) is 0 Å². The smallest absolute Gasteiger partial charge is 0.150 e. The molecule has 1 unspecified atom stereocenters. The normalized spacial score (nSPS) is 13.7. The Morgan fingerprint density at radius 1 is 1.13 bits per heavy atom. The van der Waals surface area contributed by atoms with E-state index in [9.17, 15) is 8.42 Å². The third-order valence-corrected chi connectivity index (χ3v) is 4.20. The first-order chi connectivity index (χ1) is 6.75. The third-order valence-electron chi connectivity index (χ3n) is 2.50. The van der Waals surface area contributed by atoms with Gasteiger partial charge in [0.15, 0.2) is 0 Å². The van der Waals surface area contributed by atoms with Crippen LogP contribution in [0, 0.1) is 0 Å². The largest absolute Gasteiger partial charge is 0.304 e. The number of nitrogens with zero attached hydrogens (tertiary/aromatic N) is 1. The van der Waals surface area contributed by atoms with E-state index >= 15 is 0 Å². The Morgan fingerprint density at radius 3 is 1.80 bits per heavy atom. The van der Waals surface area contributed by atoms with Crippen molar-refractivity contribution in [1.82, 2.24) is 4.90 Å². The van der Waals surface area contributed by atoms with Gasteiger partial charge >= 0.3 is 0 Å². The zero-order chi connectivity index (χ0) is 12.6. The predicted octanol–water partition coefficient (Wildman–Crippen LogP) is 2.18. The second-order valence-electron chi connectivity index (χ2n) is 4.00. The molecule has 15 heavy (non-hydrogen) atoms. The van der Waals surface area contributed by atoms with Gasteiger partial charge in [0.2, 0.25) is 0 Å². The first kappa shape index (κ1) is 17.3. The molecular weight excluding hydrogens is 210 g/mol. The first-order valence-electron chi connectivity index (χ1n) is 5.64. The molecule has 0 aliphatic heterocycles. The summed E-state index contributed by atoms with van der Waals surface area (Å²) in [6.45, 7) is 10.8. The van der Waals surface area contributed by atoms with Crippen molar-refractivity contribution in [2.75, 3.05) is 19.8 Å². The molecule has 3 nitrogen and oxygen atoms in total. The van der Waals surface area contributed by atoms with E-state index in [4.69, 9.17) is 0 Å². The van der Waals surface area contributed by atoms with E-state index < -0.39 is 9.84 Å². The fourth-order valence-electron chi connectivity index (χ4n) is 0.858. The van der Waals surface area contributed by atoms with Gasteiger partial charge in [0.1, 0.15) is 9.84 Å². The number of hydrogen-bond acceptors (Lipinski definition) is 3. The van der Waals surface area contributed by atoms with E-state index in [-0.39, 0.29) is 5.25 Å². The van der Waals surface area contributed by atoms with Crippen molar-refractivity contribution >= 4 is 9.84 Å². The Morgan fingerprint density at radius 2 is 1.53 bits per heavy atom. The van der Waals surface area contributed by atoms with Gasteiger partial charge in [0.05, 0.1) is 5.25 Å². The van der Waals surface area contributed by atoms with Crippen molar-refractivity contribution in [2.24, 2.45) is 0 Å². The van der Waals surface area contributed by atoms with Crippen LogP contribution in [0.4, 0.5) is 0 Å². The third kappa shape index (κ3) is 8.88. The molecule has 0 aromatic rings. The van der Waals surface area contributed by atoms with Crippen molar-refractivity contribution in [3.63, 3.8) is 0 Å².